The minimum atomic E-state index is -2.77. The van der Waals surface area contributed by atoms with Gasteiger partial charge in [0.1, 0.15) is 0 Å². The summed E-state index contributed by atoms with van der Waals surface area (Å²) in [6.07, 6.45) is 2.32. The highest BCUT2D eigenvalue weighted by Crippen LogP contribution is 2.15. The van der Waals surface area contributed by atoms with Crippen LogP contribution in [0, 0.1) is 11.8 Å². The molecule has 2 heteroatoms. The molecular formula is C9H14F2. The Morgan fingerprint density at radius 1 is 1.27 bits per heavy atom. The van der Waals surface area contributed by atoms with Gasteiger partial charge in [-0.1, -0.05) is 26.2 Å². The van der Waals surface area contributed by atoms with E-state index in [0.29, 0.717) is 6.42 Å². The lowest BCUT2D eigenvalue weighted by Gasteiger charge is -2.02. The molecule has 0 saturated heterocycles. The first kappa shape index (κ1) is 10.4. The monoisotopic (exact) mass is 160 g/mol. The smallest absolute Gasteiger partial charge is 0.192 e. The molecule has 0 aromatic rings. The summed E-state index contributed by atoms with van der Waals surface area (Å²) in [6, 6.07) is 0. The molecular weight excluding hydrogens is 146 g/mol. The zero-order valence-electron chi connectivity index (χ0n) is 7.08. The first-order valence-electron chi connectivity index (χ1n) is 4.00. The molecule has 0 radical (unpaired) electrons. The second-order valence-corrected chi connectivity index (χ2v) is 2.46. The molecule has 0 atom stereocenters. The lowest BCUT2D eigenvalue weighted by molar-refractivity contribution is 0.0622. The van der Waals surface area contributed by atoms with Gasteiger partial charge in [0.05, 0.1) is 0 Å². The van der Waals surface area contributed by atoms with E-state index in [1.807, 2.05) is 12.8 Å². The van der Waals surface area contributed by atoms with Gasteiger partial charge in [-0.05, 0) is 12.3 Å². The van der Waals surface area contributed by atoms with Crippen LogP contribution < -0.4 is 0 Å². The largest absolute Gasteiger partial charge is 0.307 e. The van der Waals surface area contributed by atoms with Gasteiger partial charge in [-0.3, -0.25) is 0 Å². The van der Waals surface area contributed by atoms with Crippen LogP contribution in [0.25, 0.3) is 0 Å². The van der Waals surface area contributed by atoms with Crippen LogP contribution in [0.4, 0.5) is 8.78 Å². The summed E-state index contributed by atoms with van der Waals surface area (Å²) < 4.78 is 24.8. The number of hydrogen-bond donors (Lipinski definition) is 0. The summed E-state index contributed by atoms with van der Waals surface area (Å²) in [5, 5.41) is 0. The van der Waals surface area contributed by atoms with E-state index in [1.54, 1.807) is 0 Å². The molecule has 0 spiro atoms. The van der Waals surface area contributed by atoms with Crippen molar-refractivity contribution in [1.29, 1.82) is 0 Å². The van der Waals surface area contributed by atoms with E-state index in [1.165, 1.54) is 6.92 Å². The highest BCUT2D eigenvalue weighted by Gasteiger charge is 2.21. The average molecular weight is 160 g/mol. The standard InChI is InChI=1S/C9H14F2/c1-3-5-6-7-8-9(10,11)4-2/h3-6H2,1-2H3. The van der Waals surface area contributed by atoms with Gasteiger partial charge in [0.25, 0.3) is 0 Å². The van der Waals surface area contributed by atoms with Crippen LogP contribution in [-0.4, -0.2) is 5.92 Å². The molecule has 0 nitrogen and oxygen atoms in total. The topological polar surface area (TPSA) is 0 Å². The molecule has 0 amide bonds. The van der Waals surface area contributed by atoms with Gasteiger partial charge in [-0.2, -0.15) is 8.78 Å². The van der Waals surface area contributed by atoms with Gasteiger partial charge in [0.15, 0.2) is 0 Å². The lowest BCUT2D eigenvalue weighted by Crippen LogP contribution is -2.09. The first-order valence-corrected chi connectivity index (χ1v) is 4.00. The summed E-state index contributed by atoms with van der Waals surface area (Å²) in [6.45, 7) is 3.45. The predicted molar refractivity (Wildman–Crippen MR) is 42.5 cm³/mol. The van der Waals surface area contributed by atoms with Gasteiger partial charge in [0.2, 0.25) is 0 Å². The molecule has 0 bridgehead atoms. The van der Waals surface area contributed by atoms with E-state index < -0.39 is 5.92 Å². The SMILES string of the molecule is CCCCC#CC(F)(F)CC. The highest BCUT2D eigenvalue weighted by atomic mass is 19.3. The maximum Gasteiger partial charge on any atom is 0.307 e. The van der Waals surface area contributed by atoms with Gasteiger partial charge in [-0.25, -0.2) is 0 Å². The Hall–Kier alpha value is -0.580. The van der Waals surface area contributed by atoms with Crippen molar-refractivity contribution in [2.45, 2.75) is 45.5 Å². The van der Waals surface area contributed by atoms with Crippen molar-refractivity contribution in [2.24, 2.45) is 0 Å². The first-order chi connectivity index (χ1) is 5.12. The number of rotatable bonds is 3. The molecule has 0 saturated carbocycles. The zero-order chi connectivity index (χ0) is 8.74. The van der Waals surface area contributed by atoms with Crippen molar-refractivity contribution >= 4 is 0 Å². The number of unbranched alkanes of at least 4 members (excludes halogenated alkanes) is 2. The van der Waals surface area contributed by atoms with E-state index in [9.17, 15) is 8.78 Å². The third-order valence-electron chi connectivity index (χ3n) is 1.37. The maximum absolute atomic E-state index is 12.4. The summed E-state index contributed by atoms with van der Waals surface area (Å²) in [7, 11) is 0. The van der Waals surface area contributed by atoms with Crippen molar-refractivity contribution in [3.05, 3.63) is 0 Å². The Labute approximate surface area is 67.0 Å². The molecule has 0 N–H and O–H groups in total. The van der Waals surface area contributed by atoms with Crippen LogP contribution in [0.2, 0.25) is 0 Å². The molecule has 0 aliphatic carbocycles. The molecule has 64 valence electrons. The third kappa shape index (κ3) is 5.84. The molecule has 0 heterocycles. The molecule has 11 heavy (non-hydrogen) atoms. The van der Waals surface area contributed by atoms with Crippen LogP contribution in [-0.2, 0) is 0 Å². The van der Waals surface area contributed by atoms with Crippen molar-refractivity contribution < 1.29 is 8.78 Å². The minimum absolute atomic E-state index is 0.188. The quantitative estimate of drug-likeness (QED) is 0.439. The molecule has 0 aliphatic heterocycles. The molecule has 0 fully saturated rings. The van der Waals surface area contributed by atoms with E-state index >= 15 is 0 Å². The number of alkyl halides is 2. The summed E-state index contributed by atoms with van der Waals surface area (Å²) in [5.74, 6) is 1.67. The fraction of sp³-hybridized carbons (Fsp3) is 0.778. The van der Waals surface area contributed by atoms with Gasteiger partial charge < -0.3 is 0 Å². The van der Waals surface area contributed by atoms with E-state index in [2.05, 4.69) is 5.92 Å². The molecule has 0 aliphatic rings. The fourth-order valence-corrected chi connectivity index (χ4v) is 0.545. The minimum Gasteiger partial charge on any atom is -0.192 e. The zero-order valence-corrected chi connectivity index (χ0v) is 7.08. The summed E-state index contributed by atoms with van der Waals surface area (Å²) >= 11 is 0. The summed E-state index contributed by atoms with van der Waals surface area (Å²) in [4.78, 5) is 0. The summed E-state index contributed by atoms with van der Waals surface area (Å²) in [5.41, 5.74) is 0. The van der Waals surface area contributed by atoms with Crippen LogP contribution >= 0.6 is 0 Å². The van der Waals surface area contributed by atoms with Crippen LogP contribution in [0.15, 0.2) is 0 Å². The van der Waals surface area contributed by atoms with Gasteiger partial charge >= 0.3 is 5.92 Å². The number of hydrogen-bond acceptors (Lipinski definition) is 0. The van der Waals surface area contributed by atoms with Crippen molar-refractivity contribution in [3.8, 4) is 11.8 Å². The van der Waals surface area contributed by atoms with E-state index in [4.69, 9.17) is 0 Å². The maximum atomic E-state index is 12.4. The van der Waals surface area contributed by atoms with E-state index in [0.717, 1.165) is 12.8 Å². The normalized spacial score (nSPS) is 10.5. The molecule has 0 aromatic heterocycles. The van der Waals surface area contributed by atoms with Crippen molar-refractivity contribution in [3.63, 3.8) is 0 Å². The Kier molecular flexibility index (Phi) is 4.85. The van der Waals surface area contributed by atoms with Crippen LogP contribution in [0.3, 0.4) is 0 Å². The third-order valence-corrected chi connectivity index (χ3v) is 1.37. The second-order valence-electron chi connectivity index (χ2n) is 2.46. The average Bonchev–Trinajstić information content (AvgIpc) is 1.99. The van der Waals surface area contributed by atoms with E-state index in [-0.39, 0.29) is 6.42 Å². The Balaban J connectivity index is 3.67. The van der Waals surface area contributed by atoms with Crippen LogP contribution in [0.1, 0.15) is 39.5 Å². The van der Waals surface area contributed by atoms with Gasteiger partial charge in [-0.15, -0.1) is 0 Å². The molecule has 0 aromatic carbocycles. The Morgan fingerprint density at radius 2 is 1.91 bits per heavy atom. The van der Waals surface area contributed by atoms with Crippen molar-refractivity contribution in [1.82, 2.24) is 0 Å². The molecule has 0 unspecified atom stereocenters. The van der Waals surface area contributed by atoms with Gasteiger partial charge in [0, 0.05) is 12.8 Å². The van der Waals surface area contributed by atoms with Crippen LogP contribution in [0.5, 0.6) is 0 Å². The second kappa shape index (κ2) is 5.12. The Morgan fingerprint density at radius 3 is 2.36 bits per heavy atom. The highest BCUT2D eigenvalue weighted by molar-refractivity contribution is 5.08. The Bertz CT molecular complexity index is 151. The molecule has 0 rings (SSSR count). The number of halogens is 2. The lowest BCUT2D eigenvalue weighted by atomic mass is 10.2. The predicted octanol–water partition coefficient (Wildman–Crippen LogP) is 3.23. The fourth-order valence-electron chi connectivity index (χ4n) is 0.545. The van der Waals surface area contributed by atoms with Crippen molar-refractivity contribution in [2.75, 3.05) is 0 Å².